The number of anilines is 1. The fourth-order valence-electron chi connectivity index (χ4n) is 2.31. The average molecular weight is 298 g/mol. The predicted molar refractivity (Wildman–Crippen MR) is 82.9 cm³/mol. The number of rotatable bonds is 8. The molecule has 0 aliphatic heterocycles. The molecule has 112 valence electrons. The van der Waals surface area contributed by atoms with Gasteiger partial charge in [0.1, 0.15) is 0 Å². The number of hydrogen-bond donors (Lipinski definition) is 0. The number of ether oxygens (including phenoxy) is 1. The summed E-state index contributed by atoms with van der Waals surface area (Å²) >= 11 is 5.84. The topological polar surface area (TPSA) is 38.2 Å². The Labute approximate surface area is 126 Å². The van der Waals surface area contributed by atoms with E-state index in [2.05, 4.69) is 21.8 Å². The fraction of sp³-hybridized carbons (Fsp3) is 0.733. The summed E-state index contributed by atoms with van der Waals surface area (Å²) in [5.41, 5.74) is 0.955. The van der Waals surface area contributed by atoms with Gasteiger partial charge in [0.2, 0.25) is 11.8 Å². The normalized spacial score (nSPS) is 14.9. The molecule has 0 spiro atoms. The van der Waals surface area contributed by atoms with Crippen molar-refractivity contribution in [2.75, 3.05) is 23.9 Å². The second kappa shape index (κ2) is 7.67. The van der Waals surface area contributed by atoms with E-state index in [-0.39, 0.29) is 0 Å². The number of aromatic nitrogens is 2. The minimum absolute atomic E-state index is 0.569. The van der Waals surface area contributed by atoms with Gasteiger partial charge in [-0.25, -0.2) is 4.98 Å². The van der Waals surface area contributed by atoms with Gasteiger partial charge in [-0.1, -0.05) is 6.92 Å². The molecule has 0 bridgehead atoms. The van der Waals surface area contributed by atoms with E-state index in [1.165, 1.54) is 19.3 Å². The van der Waals surface area contributed by atoms with Gasteiger partial charge in [0.15, 0.2) is 0 Å². The van der Waals surface area contributed by atoms with Crippen LogP contribution in [0.25, 0.3) is 0 Å². The molecule has 20 heavy (non-hydrogen) atoms. The van der Waals surface area contributed by atoms with Crippen molar-refractivity contribution in [1.29, 1.82) is 0 Å². The zero-order valence-corrected chi connectivity index (χ0v) is 13.2. The Hall–Kier alpha value is -1.03. The van der Waals surface area contributed by atoms with E-state index in [1.807, 2.05) is 13.0 Å². The van der Waals surface area contributed by atoms with Gasteiger partial charge in [-0.2, -0.15) is 4.98 Å². The van der Waals surface area contributed by atoms with Gasteiger partial charge in [0.25, 0.3) is 0 Å². The smallest absolute Gasteiger partial charge is 0.229 e. The number of halogens is 1. The van der Waals surface area contributed by atoms with Gasteiger partial charge in [0, 0.05) is 30.2 Å². The lowest BCUT2D eigenvalue weighted by molar-refractivity contribution is 0.303. The van der Waals surface area contributed by atoms with Crippen molar-refractivity contribution in [3.8, 4) is 5.88 Å². The summed E-state index contributed by atoms with van der Waals surface area (Å²) in [5.74, 6) is 2.16. The van der Waals surface area contributed by atoms with Crippen molar-refractivity contribution in [3.63, 3.8) is 0 Å². The summed E-state index contributed by atoms with van der Waals surface area (Å²) in [6.07, 6.45) is 5.69. The van der Waals surface area contributed by atoms with Crippen LogP contribution in [0.2, 0.25) is 0 Å². The SMILES string of the molecule is CCCOc1cc(C)nc(N(CCCCl)C2CCC2)n1. The molecule has 1 heterocycles. The molecule has 0 atom stereocenters. The summed E-state index contributed by atoms with van der Waals surface area (Å²) in [6, 6.07) is 2.47. The molecule has 0 radical (unpaired) electrons. The second-order valence-electron chi connectivity index (χ2n) is 5.32. The van der Waals surface area contributed by atoms with Crippen molar-refractivity contribution in [2.45, 2.75) is 52.0 Å². The van der Waals surface area contributed by atoms with Crippen LogP contribution in [0.1, 0.15) is 44.7 Å². The van der Waals surface area contributed by atoms with E-state index in [1.54, 1.807) is 0 Å². The van der Waals surface area contributed by atoms with Crippen LogP contribution >= 0.6 is 11.6 Å². The highest BCUT2D eigenvalue weighted by atomic mass is 35.5. The van der Waals surface area contributed by atoms with Crippen LogP contribution in [-0.2, 0) is 0 Å². The van der Waals surface area contributed by atoms with Crippen molar-refractivity contribution in [1.82, 2.24) is 9.97 Å². The third-order valence-corrected chi connectivity index (χ3v) is 3.85. The summed E-state index contributed by atoms with van der Waals surface area (Å²) < 4.78 is 5.66. The Morgan fingerprint density at radius 3 is 2.80 bits per heavy atom. The Balaban J connectivity index is 2.15. The van der Waals surface area contributed by atoms with E-state index in [4.69, 9.17) is 16.3 Å². The van der Waals surface area contributed by atoms with Crippen LogP contribution in [0, 0.1) is 6.92 Å². The second-order valence-corrected chi connectivity index (χ2v) is 5.69. The van der Waals surface area contributed by atoms with Gasteiger partial charge in [-0.15, -0.1) is 11.6 Å². The van der Waals surface area contributed by atoms with Gasteiger partial charge in [0.05, 0.1) is 6.61 Å². The zero-order chi connectivity index (χ0) is 14.4. The highest BCUT2D eigenvalue weighted by molar-refractivity contribution is 6.17. The van der Waals surface area contributed by atoms with Crippen LogP contribution in [0.15, 0.2) is 6.07 Å². The van der Waals surface area contributed by atoms with Crippen LogP contribution in [0.5, 0.6) is 5.88 Å². The summed E-state index contributed by atoms with van der Waals surface area (Å²) in [7, 11) is 0. The van der Waals surface area contributed by atoms with Gasteiger partial charge < -0.3 is 9.64 Å². The first kappa shape index (κ1) is 15.4. The molecule has 1 aromatic rings. The van der Waals surface area contributed by atoms with Gasteiger partial charge in [-0.05, 0) is 39.0 Å². The van der Waals surface area contributed by atoms with Gasteiger partial charge >= 0.3 is 0 Å². The maximum absolute atomic E-state index is 5.84. The Bertz CT molecular complexity index is 424. The molecule has 1 aliphatic carbocycles. The summed E-state index contributed by atoms with van der Waals surface area (Å²) in [6.45, 7) is 5.70. The van der Waals surface area contributed by atoms with Crippen LogP contribution in [0.4, 0.5) is 5.95 Å². The first-order valence-electron chi connectivity index (χ1n) is 7.55. The lowest BCUT2D eigenvalue weighted by Gasteiger charge is -2.37. The van der Waals surface area contributed by atoms with Crippen LogP contribution in [-0.4, -0.2) is 35.0 Å². The maximum Gasteiger partial charge on any atom is 0.229 e. The quantitative estimate of drug-likeness (QED) is 0.688. The molecule has 0 amide bonds. The van der Waals surface area contributed by atoms with Crippen molar-refractivity contribution in [2.24, 2.45) is 0 Å². The highest BCUT2D eigenvalue weighted by Gasteiger charge is 2.27. The molecule has 0 N–H and O–H groups in total. The molecular formula is C15H24ClN3O. The maximum atomic E-state index is 5.84. The minimum atomic E-state index is 0.569. The molecule has 5 heteroatoms. The molecule has 0 unspecified atom stereocenters. The molecule has 1 saturated carbocycles. The number of alkyl halides is 1. The Morgan fingerprint density at radius 1 is 1.40 bits per heavy atom. The predicted octanol–water partition coefficient (Wildman–Crippen LogP) is 3.56. The lowest BCUT2D eigenvalue weighted by Crippen LogP contribution is -2.42. The Kier molecular flexibility index (Phi) is 5.89. The lowest BCUT2D eigenvalue weighted by atomic mass is 9.91. The largest absolute Gasteiger partial charge is 0.478 e. The first-order valence-corrected chi connectivity index (χ1v) is 8.09. The third kappa shape index (κ3) is 3.98. The van der Waals surface area contributed by atoms with Gasteiger partial charge in [-0.3, -0.25) is 0 Å². The van der Waals surface area contributed by atoms with E-state index in [0.717, 1.165) is 31.0 Å². The van der Waals surface area contributed by atoms with Crippen LogP contribution < -0.4 is 9.64 Å². The van der Waals surface area contributed by atoms with E-state index in [0.29, 0.717) is 24.4 Å². The summed E-state index contributed by atoms with van der Waals surface area (Å²) in [5, 5.41) is 0. The first-order chi connectivity index (χ1) is 9.74. The Morgan fingerprint density at radius 2 is 2.20 bits per heavy atom. The molecule has 1 aliphatic rings. The molecule has 4 nitrogen and oxygen atoms in total. The van der Waals surface area contributed by atoms with Crippen LogP contribution in [0.3, 0.4) is 0 Å². The number of aryl methyl sites for hydroxylation is 1. The molecular weight excluding hydrogens is 274 g/mol. The third-order valence-electron chi connectivity index (χ3n) is 3.58. The number of nitrogens with zero attached hydrogens (tertiary/aromatic N) is 3. The average Bonchev–Trinajstić information content (AvgIpc) is 2.38. The molecule has 0 saturated heterocycles. The van der Waals surface area contributed by atoms with Crippen molar-refractivity contribution < 1.29 is 4.74 Å². The van der Waals surface area contributed by atoms with E-state index in [9.17, 15) is 0 Å². The monoisotopic (exact) mass is 297 g/mol. The molecule has 2 rings (SSSR count). The van der Waals surface area contributed by atoms with Crippen molar-refractivity contribution >= 4 is 17.5 Å². The molecule has 1 aromatic heterocycles. The zero-order valence-electron chi connectivity index (χ0n) is 12.4. The minimum Gasteiger partial charge on any atom is -0.478 e. The molecule has 0 aromatic carbocycles. The van der Waals surface area contributed by atoms with E-state index < -0.39 is 0 Å². The summed E-state index contributed by atoms with van der Waals surface area (Å²) in [4.78, 5) is 11.5. The van der Waals surface area contributed by atoms with E-state index >= 15 is 0 Å². The molecule has 1 fully saturated rings. The highest BCUT2D eigenvalue weighted by Crippen LogP contribution is 2.29. The number of hydrogen-bond acceptors (Lipinski definition) is 4. The standard InChI is InChI=1S/C15H24ClN3O/c1-3-10-20-14-11-12(2)17-15(18-14)19(9-5-8-16)13-6-4-7-13/h11,13H,3-10H2,1-2H3. The van der Waals surface area contributed by atoms with Crippen molar-refractivity contribution in [3.05, 3.63) is 11.8 Å². The fourth-order valence-corrected chi connectivity index (χ4v) is 2.43.